The molecule has 1 heterocycles. The molecular formula is C18H27FN2O3. The van der Waals surface area contributed by atoms with E-state index in [-0.39, 0.29) is 30.9 Å². The van der Waals surface area contributed by atoms with Crippen molar-refractivity contribution in [2.24, 2.45) is 0 Å². The van der Waals surface area contributed by atoms with Gasteiger partial charge in [0.1, 0.15) is 11.6 Å². The molecule has 0 bridgehead atoms. The minimum atomic E-state index is -1.41. The highest BCUT2D eigenvalue weighted by Crippen LogP contribution is 2.27. The number of halogens is 1. The third-order valence-electron chi connectivity index (χ3n) is 4.71. The first-order valence-corrected chi connectivity index (χ1v) is 8.31. The van der Waals surface area contributed by atoms with E-state index in [9.17, 15) is 14.3 Å². The van der Waals surface area contributed by atoms with Gasteiger partial charge in [-0.2, -0.15) is 0 Å². The van der Waals surface area contributed by atoms with Crippen LogP contribution in [0.1, 0.15) is 32.3 Å². The Morgan fingerprint density at radius 3 is 2.79 bits per heavy atom. The van der Waals surface area contributed by atoms with Gasteiger partial charge in [0, 0.05) is 31.2 Å². The van der Waals surface area contributed by atoms with Crippen molar-refractivity contribution in [1.82, 2.24) is 9.80 Å². The molecule has 6 heteroatoms. The standard InChI is InChI=1S/C18H27FN2O3/c1-13(2)20(3)12-18(23)8-5-9-21(17(18)22)11-14-10-15(24-4)6-7-16(14)19/h6-7,10,13,23H,5,8-9,11-12H2,1-4H3. The van der Waals surface area contributed by atoms with E-state index in [0.29, 0.717) is 30.7 Å². The Bertz CT molecular complexity index is 594. The van der Waals surface area contributed by atoms with Crippen LogP contribution in [0.25, 0.3) is 0 Å². The van der Waals surface area contributed by atoms with E-state index in [0.717, 1.165) is 0 Å². The Morgan fingerprint density at radius 1 is 1.46 bits per heavy atom. The first-order valence-electron chi connectivity index (χ1n) is 8.31. The molecular weight excluding hydrogens is 311 g/mol. The van der Waals surface area contributed by atoms with Gasteiger partial charge in [-0.15, -0.1) is 0 Å². The Labute approximate surface area is 143 Å². The number of hydrogen-bond donors (Lipinski definition) is 1. The zero-order valence-corrected chi connectivity index (χ0v) is 14.9. The largest absolute Gasteiger partial charge is 0.497 e. The fourth-order valence-corrected chi connectivity index (χ4v) is 2.96. The van der Waals surface area contributed by atoms with Crippen molar-refractivity contribution in [3.05, 3.63) is 29.6 Å². The Balaban J connectivity index is 2.15. The Morgan fingerprint density at radius 2 is 2.17 bits per heavy atom. The van der Waals surface area contributed by atoms with Gasteiger partial charge in [-0.1, -0.05) is 0 Å². The van der Waals surface area contributed by atoms with E-state index < -0.39 is 5.60 Å². The number of methoxy groups -OCH3 is 1. The van der Waals surface area contributed by atoms with Crippen LogP contribution < -0.4 is 4.74 Å². The van der Waals surface area contributed by atoms with Crippen LogP contribution in [0, 0.1) is 5.82 Å². The normalized spacial score (nSPS) is 21.7. The molecule has 1 saturated heterocycles. The van der Waals surface area contributed by atoms with Crippen molar-refractivity contribution in [2.45, 2.75) is 44.9 Å². The number of benzene rings is 1. The van der Waals surface area contributed by atoms with Crippen molar-refractivity contribution in [1.29, 1.82) is 0 Å². The highest BCUT2D eigenvalue weighted by Gasteiger charge is 2.43. The fraction of sp³-hybridized carbons (Fsp3) is 0.611. The van der Waals surface area contributed by atoms with E-state index >= 15 is 0 Å². The van der Waals surface area contributed by atoms with Crippen molar-refractivity contribution in [3.8, 4) is 5.75 Å². The van der Waals surface area contributed by atoms with Crippen LogP contribution in [-0.2, 0) is 11.3 Å². The number of rotatable bonds is 6. The molecule has 5 nitrogen and oxygen atoms in total. The van der Waals surface area contributed by atoms with Gasteiger partial charge in [0.05, 0.1) is 7.11 Å². The van der Waals surface area contributed by atoms with E-state index in [4.69, 9.17) is 4.74 Å². The molecule has 1 aliphatic heterocycles. The summed E-state index contributed by atoms with van der Waals surface area (Å²) < 4.78 is 19.2. The summed E-state index contributed by atoms with van der Waals surface area (Å²) in [7, 11) is 3.40. The number of likely N-dealkylation sites (tertiary alicyclic amines) is 1. The first-order chi connectivity index (χ1) is 11.3. The number of carbonyl (C=O) groups is 1. The van der Waals surface area contributed by atoms with E-state index in [1.165, 1.54) is 18.1 Å². The van der Waals surface area contributed by atoms with Crippen LogP contribution in [0.3, 0.4) is 0 Å². The zero-order chi connectivity index (χ0) is 17.9. The minimum absolute atomic E-state index is 0.134. The van der Waals surface area contributed by atoms with Gasteiger partial charge < -0.3 is 19.6 Å². The maximum absolute atomic E-state index is 14.0. The van der Waals surface area contributed by atoms with Crippen molar-refractivity contribution < 1.29 is 19.0 Å². The molecule has 0 radical (unpaired) electrons. The summed E-state index contributed by atoms with van der Waals surface area (Å²) in [5, 5.41) is 10.8. The molecule has 1 unspecified atom stereocenters. The molecule has 1 amide bonds. The summed E-state index contributed by atoms with van der Waals surface area (Å²) in [6.07, 6.45) is 1.12. The molecule has 134 valence electrons. The second kappa shape index (κ2) is 7.49. The van der Waals surface area contributed by atoms with Crippen LogP contribution in [0.5, 0.6) is 5.75 Å². The molecule has 1 aliphatic rings. The Kier molecular flexibility index (Phi) is 5.83. The average Bonchev–Trinajstić information content (AvgIpc) is 2.53. The van der Waals surface area contributed by atoms with Gasteiger partial charge >= 0.3 is 0 Å². The molecule has 2 rings (SSSR count). The zero-order valence-electron chi connectivity index (χ0n) is 14.9. The molecule has 0 aliphatic carbocycles. The predicted octanol–water partition coefficient (Wildman–Crippen LogP) is 2.03. The molecule has 1 atom stereocenters. The molecule has 1 aromatic rings. The fourth-order valence-electron chi connectivity index (χ4n) is 2.96. The number of aliphatic hydroxyl groups is 1. The lowest BCUT2D eigenvalue weighted by molar-refractivity contribution is -0.160. The predicted molar refractivity (Wildman–Crippen MR) is 90.3 cm³/mol. The summed E-state index contributed by atoms with van der Waals surface area (Å²) in [6.45, 7) is 4.96. The highest BCUT2D eigenvalue weighted by atomic mass is 19.1. The quantitative estimate of drug-likeness (QED) is 0.862. The third kappa shape index (κ3) is 4.05. The monoisotopic (exact) mass is 338 g/mol. The maximum atomic E-state index is 14.0. The van der Waals surface area contributed by atoms with Gasteiger partial charge in [-0.3, -0.25) is 4.79 Å². The number of carbonyl (C=O) groups excluding carboxylic acids is 1. The van der Waals surface area contributed by atoms with E-state index in [1.807, 2.05) is 25.8 Å². The molecule has 1 N–H and O–H groups in total. The molecule has 0 spiro atoms. The van der Waals surface area contributed by atoms with Crippen molar-refractivity contribution >= 4 is 5.91 Å². The van der Waals surface area contributed by atoms with Crippen LogP contribution >= 0.6 is 0 Å². The van der Waals surface area contributed by atoms with Crippen LogP contribution in [0.15, 0.2) is 18.2 Å². The summed E-state index contributed by atoms with van der Waals surface area (Å²) in [4.78, 5) is 16.3. The van der Waals surface area contributed by atoms with Gasteiger partial charge in [0.2, 0.25) is 0 Å². The maximum Gasteiger partial charge on any atom is 0.256 e. The average molecular weight is 338 g/mol. The second-order valence-corrected chi connectivity index (χ2v) is 6.83. The van der Waals surface area contributed by atoms with Gasteiger partial charge in [-0.05, 0) is 51.9 Å². The first kappa shape index (κ1) is 18.7. The van der Waals surface area contributed by atoms with Crippen molar-refractivity contribution in [3.63, 3.8) is 0 Å². The summed E-state index contributed by atoms with van der Waals surface area (Å²) in [5.41, 5.74) is -1.02. The van der Waals surface area contributed by atoms with E-state index in [1.54, 1.807) is 12.1 Å². The molecule has 24 heavy (non-hydrogen) atoms. The third-order valence-corrected chi connectivity index (χ3v) is 4.71. The van der Waals surface area contributed by atoms with Crippen LogP contribution in [-0.4, -0.2) is 59.7 Å². The number of piperidine rings is 1. The lowest BCUT2D eigenvalue weighted by atomic mass is 9.90. The summed E-state index contributed by atoms with van der Waals surface area (Å²) in [6, 6.07) is 4.70. The van der Waals surface area contributed by atoms with Gasteiger partial charge in [0.25, 0.3) is 5.91 Å². The number of likely N-dealkylation sites (N-methyl/N-ethyl adjacent to an activating group) is 1. The lowest BCUT2D eigenvalue weighted by Crippen LogP contribution is -2.58. The second-order valence-electron chi connectivity index (χ2n) is 6.83. The van der Waals surface area contributed by atoms with Gasteiger partial charge in [-0.25, -0.2) is 4.39 Å². The molecule has 0 saturated carbocycles. The summed E-state index contributed by atoms with van der Waals surface area (Å²) >= 11 is 0. The summed E-state index contributed by atoms with van der Waals surface area (Å²) in [5.74, 6) is -0.161. The number of amides is 1. The molecule has 1 fully saturated rings. The van der Waals surface area contributed by atoms with Gasteiger partial charge in [0.15, 0.2) is 5.60 Å². The molecule has 1 aromatic carbocycles. The van der Waals surface area contributed by atoms with Crippen molar-refractivity contribution in [2.75, 3.05) is 27.2 Å². The lowest BCUT2D eigenvalue weighted by Gasteiger charge is -2.41. The smallest absolute Gasteiger partial charge is 0.256 e. The number of ether oxygens (including phenoxy) is 1. The number of hydrogen-bond acceptors (Lipinski definition) is 4. The topological polar surface area (TPSA) is 53.0 Å². The number of nitrogens with zero attached hydrogens (tertiary/aromatic N) is 2. The molecule has 0 aromatic heterocycles. The Hall–Kier alpha value is -1.66. The highest BCUT2D eigenvalue weighted by molar-refractivity contribution is 5.86. The SMILES string of the molecule is COc1ccc(F)c(CN2CCCC(O)(CN(C)C(C)C)C2=O)c1. The minimum Gasteiger partial charge on any atom is -0.497 e. The van der Waals surface area contributed by atoms with Crippen LogP contribution in [0.4, 0.5) is 4.39 Å². The van der Waals surface area contributed by atoms with E-state index in [2.05, 4.69) is 0 Å². The van der Waals surface area contributed by atoms with Crippen LogP contribution in [0.2, 0.25) is 0 Å².